The molecule has 5 N–H and O–H groups in total. The van der Waals surface area contributed by atoms with Crippen LogP contribution in [0.15, 0.2) is 37.2 Å². The molecule has 3 aromatic rings. The minimum absolute atomic E-state index is 0.152. The standard InChI is InChI=1S/C22H28N7O8P/c1-12(2)16(23)22(31)37-15-7-14(8-35-11-38(32,33)34)36-21(15)29-10-27-17-18(25-9-26-19(17)29)28-20(30)13-3-5-24-6-4-13/h3-6,9-10,12,14-16,21H,7-8,11,23H2,1-2H3,(H2,32,33,34)(H,25,26,28,30)/t14-,15?,16?,21+/m0/s1. The van der Waals surface area contributed by atoms with Crippen molar-refractivity contribution in [1.82, 2.24) is 24.5 Å². The topological polar surface area (TPSA) is 214 Å². The number of fused-ring (bicyclic) bond motifs is 1. The van der Waals surface area contributed by atoms with Crippen LogP contribution in [-0.4, -0.2) is 77.4 Å². The lowest BCUT2D eigenvalue weighted by molar-refractivity contribution is -0.157. The van der Waals surface area contributed by atoms with Crippen molar-refractivity contribution in [2.75, 3.05) is 18.3 Å². The van der Waals surface area contributed by atoms with Crippen LogP contribution >= 0.6 is 7.60 Å². The van der Waals surface area contributed by atoms with Crippen LogP contribution in [0.25, 0.3) is 11.2 Å². The quantitative estimate of drug-likeness (QED) is 0.204. The average molecular weight is 549 g/mol. The van der Waals surface area contributed by atoms with E-state index >= 15 is 0 Å². The van der Waals surface area contributed by atoms with Gasteiger partial charge in [-0.1, -0.05) is 13.8 Å². The number of aromatic nitrogens is 5. The number of hydrogen-bond donors (Lipinski definition) is 4. The van der Waals surface area contributed by atoms with E-state index in [-0.39, 0.29) is 30.3 Å². The first-order chi connectivity index (χ1) is 18.0. The molecule has 4 rings (SSSR count). The van der Waals surface area contributed by atoms with Crippen LogP contribution in [0.3, 0.4) is 0 Å². The van der Waals surface area contributed by atoms with Gasteiger partial charge in [0, 0.05) is 24.4 Å². The molecule has 0 aliphatic carbocycles. The summed E-state index contributed by atoms with van der Waals surface area (Å²) in [7, 11) is -4.37. The summed E-state index contributed by atoms with van der Waals surface area (Å²) >= 11 is 0. The summed E-state index contributed by atoms with van der Waals surface area (Å²) < 4.78 is 29.5. The van der Waals surface area contributed by atoms with E-state index in [4.69, 9.17) is 29.7 Å². The number of anilines is 1. The van der Waals surface area contributed by atoms with Crippen molar-refractivity contribution in [3.8, 4) is 0 Å². The summed E-state index contributed by atoms with van der Waals surface area (Å²) in [5.74, 6) is -1.06. The van der Waals surface area contributed by atoms with Gasteiger partial charge in [0.25, 0.3) is 5.91 Å². The lowest BCUT2D eigenvalue weighted by Gasteiger charge is -2.23. The van der Waals surface area contributed by atoms with E-state index in [1.807, 2.05) is 0 Å². The fourth-order valence-corrected chi connectivity index (χ4v) is 4.13. The van der Waals surface area contributed by atoms with Gasteiger partial charge in [0.1, 0.15) is 24.8 Å². The van der Waals surface area contributed by atoms with E-state index in [1.165, 1.54) is 29.6 Å². The molecule has 16 heteroatoms. The summed E-state index contributed by atoms with van der Waals surface area (Å²) in [5, 5.41) is 2.70. The van der Waals surface area contributed by atoms with Gasteiger partial charge in [-0.3, -0.25) is 23.7 Å². The van der Waals surface area contributed by atoms with Gasteiger partial charge in [0.05, 0.1) is 19.0 Å². The second kappa shape index (κ2) is 11.6. The Balaban J connectivity index is 1.58. The van der Waals surface area contributed by atoms with Gasteiger partial charge >= 0.3 is 13.6 Å². The minimum atomic E-state index is -4.37. The normalized spacial score (nSPS) is 20.5. The Morgan fingerprint density at radius 2 is 2.00 bits per heavy atom. The van der Waals surface area contributed by atoms with Crippen LogP contribution in [-0.2, 0) is 23.6 Å². The SMILES string of the molecule is CC(C)C(N)C(=O)OC1C[C@@H](COCP(=O)(O)O)O[C@H]1n1cnc2c(NC(=O)c3ccncc3)ncnc21. The van der Waals surface area contributed by atoms with Crippen molar-refractivity contribution in [3.63, 3.8) is 0 Å². The van der Waals surface area contributed by atoms with Gasteiger partial charge in [0.2, 0.25) is 0 Å². The van der Waals surface area contributed by atoms with Gasteiger partial charge in [-0.15, -0.1) is 0 Å². The summed E-state index contributed by atoms with van der Waals surface area (Å²) in [6.45, 7) is 3.42. The molecule has 1 aliphatic heterocycles. The zero-order valence-corrected chi connectivity index (χ0v) is 21.5. The highest BCUT2D eigenvalue weighted by atomic mass is 31.2. The molecule has 1 amide bonds. The minimum Gasteiger partial charge on any atom is -0.456 e. The number of nitrogens with zero attached hydrogens (tertiary/aromatic N) is 5. The molecule has 0 aromatic carbocycles. The summed E-state index contributed by atoms with van der Waals surface area (Å²) in [4.78, 5) is 60.0. The van der Waals surface area contributed by atoms with E-state index in [2.05, 4.69) is 25.3 Å². The highest BCUT2D eigenvalue weighted by molar-refractivity contribution is 7.51. The van der Waals surface area contributed by atoms with E-state index in [1.54, 1.807) is 26.0 Å². The molecule has 0 radical (unpaired) electrons. The summed E-state index contributed by atoms with van der Waals surface area (Å²) in [5.41, 5.74) is 6.89. The Morgan fingerprint density at radius 3 is 2.68 bits per heavy atom. The lowest BCUT2D eigenvalue weighted by atomic mass is 10.1. The number of pyridine rings is 1. The van der Waals surface area contributed by atoms with Gasteiger partial charge in [0.15, 0.2) is 23.2 Å². The molecule has 1 aliphatic rings. The van der Waals surface area contributed by atoms with Crippen LogP contribution in [0.4, 0.5) is 5.82 Å². The van der Waals surface area contributed by atoms with E-state index in [0.717, 1.165) is 0 Å². The predicted molar refractivity (Wildman–Crippen MR) is 132 cm³/mol. The van der Waals surface area contributed by atoms with Crippen molar-refractivity contribution < 1.29 is 38.2 Å². The Hall–Kier alpha value is -3.33. The highest BCUT2D eigenvalue weighted by Crippen LogP contribution is 2.37. The third kappa shape index (κ3) is 6.56. The maximum absolute atomic E-state index is 12.6. The largest absolute Gasteiger partial charge is 0.456 e. The average Bonchev–Trinajstić information content (AvgIpc) is 3.47. The second-order valence-electron chi connectivity index (χ2n) is 9.03. The molecule has 1 fully saturated rings. The summed E-state index contributed by atoms with van der Waals surface area (Å²) in [6.07, 6.45) is 2.61. The van der Waals surface area contributed by atoms with Crippen LogP contribution in [0.2, 0.25) is 0 Å². The number of nitrogens with two attached hydrogens (primary N) is 1. The molecule has 15 nitrogen and oxygen atoms in total. The molecule has 38 heavy (non-hydrogen) atoms. The van der Waals surface area contributed by atoms with Crippen LogP contribution in [0.1, 0.15) is 36.9 Å². The van der Waals surface area contributed by atoms with E-state index in [0.29, 0.717) is 11.2 Å². The first kappa shape index (κ1) is 27.7. The first-order valence-electron chi connectivity index (χ1n) is 11.7. The Kier molecular flexibility index (Phi) is 8.45. The van der Waals surface area contributed by atoms with Gasteiger partial charge in [-0.05, 0) is 18.1 Å². The highest BCUT2D eigenvalue weighted by Gasteiger charge is 2.41. The van der Waals surface area contributed by atoms with E-state index < -0.39 is 50.3 Å². The van der Waals surface area contributed by atoms with Gasteiger partial charge in [-0.2, -0.15) is 0 Å². The Bertz CT molecular complexity index is 1330. The van der Waals surface area contributed by atoms with Crippen molar-refractivity contribution in [3.05, 3.63) is 42.7 Å². The Labute approximate surface area is 216 Å². The molecule has 0 bridgehead atoms. The number of carbonyl (C=O) groups is 2. The third-order valence-corrected chi connectivity index (χ3v) is 6.29. The fraction of sp³-hybridized carbons (Fsp3) is 0.455. The monoisotopic (exact) mass is 549 g/mol. The molecule has 4 atom stereocenters. The van der Waals surface area contributed by atoms with Crippen molar-refractivity contribution >= 4 is 36.5 Å². The summed E-state index contributed by atoms with van der Waals surface area (Å²) in [6, 6.07) is 2.24. The number of rotatable bonds is 10. The smallest absolute Gasteiger partial charge is 0.350 e. The molecule has 2 unspecified atom stereocenters. The van der Waals surface area contributed by atoms with Crippen LogP contribution in [0, 0.1) is 5.92 Å². The first-order valence-corrected chi connectivity index (χ1v) is 13.5. The van der Waals surface area contributed by atoms with Gasteiger partial charge in [-0.25, -0.2) is 15.0 Å². The number of imidazole rings is 1. The molecule has 204 valence electrons. The second-order valence-corrected chi connectivity index (χ2v) is 10.6. The lowest BCUT2D eigenvalue weighted by Crippen LogP contribution is -2.40. The van der Waals surface area contributed by atoms with Crippen molar-refractivity contribution in [1.29, 1.82) is 0 Å². The van der Waals surface area contributed by atoms with E-state index in [9.17, 15) is 14.2 Å². The number of carbonyl (C=O) groups excluding carboxylic acids is 2. The number of hydrogen-bond acceptors (Lipinski definition) is 11. The van der Waals surface area contributed by atoms with Crippen LogP contribution in [0.5, 0.6) is 0 Å². The molecular weight excluding hydrogens is 521 g/mol. The van der Waals surface area contributed by atoms with Gasteiger partial charge < -0.3 is 35.0 Å². The number of ether oxygens (including phenoxy) is 3. The maximum Gasteiger partial charge on any atom is 0.350 e. The van der Waals surface area contributed by atoms with Crippen molar-refractivity contribution in [2.24, 2.45) is 11.7 Å². The van der Waals surface area contributed by atoms with Crippen LogP contribution < -0.4 is 11.1 Å². The molecule has 1 saturated heterocycles. The predicted octanol–water partition coefficient (Wildman–Crippen LogP) is 0.808. The third-order valence-electron chi connectivity index (χ3n) is 5.77. The molecular formula is C22H28N7O8P. The number of nitrogens with one attached hydrogen (secondary N) is 1. The zero-order valence-electron chi connectivity index (χ0n) is 20.6. The molecule has 4 heterocycles. The zero-order chi connectivity index (χ0) is 27.4. The molecule has 3 aromatic heterocycles. The molecule has 0 spiro atoms. The number of amides is 1. The fourth-order valence-electron chi connectivity index (χ4n) is 3.79. The Morgan fingerprint density at radius 1 is 1.26 bits per heavy atom. The maximum atomic E-state index is 12.6. The number of esters is 1. The molecule has 0 saturated carbocycles. The van der Waals surface area contributed by atoms with Crippen molar-refractivity contribution in [2.45, 2.75) is 44.7 Å².